The molecule has 0 aliphatic heterocycles. The topological polar surface area (TPSA) is 71.4 Å². The zero-order valence-corrected chi connectivity index (χ0v) is 19.3. The molecule has 1 aliphatic rings. The molecule has 1 N–H and O–H groups in total. The minimum absolute atomic E-state index is 0.157. The molecule has 5 radical (unpaired) electrons. The van der Waals surface area contributed by atoms with Crippen LogP contribution in [0.4, 0.5) is 0 Å². The number of hydrogen-bond donors (Lipinski definition) is 1. The van der Waals surface area contributed by atoms with Gasteiger partial charge in [0.2, 0.25) is 0 Å². The monoisotopic (exact) mass is 443 g/mol. The van der Waals surface area contributed by atoms with E-state index in [1.54, 1.807) is 0 Å². The Morgan fingerprint density at radius 3 is 1.81 bits per heavy atom. The molecule has 1 saturated carbocycles. The number of rotatable bonds is 18. The summed E-state index contributed by atoms with van der Waals surface area (Å²) >= 11 is 1.53. The van der Waals surface area contributed by atoms with Gasteiger partial charge in [0.1, 0.15) is 5.78 Å². The van der Waals surface area contributed by atoms with Crippen molar-refractivity contribution < 1.29 is 19.5 Å². The summed E-state index contributed by atoms with van der Waals surface area (Å²) in [5, 5.41) is 8.59. The van der Waals surface area contributed by atoms with Crippen LogP contribution in [0, 0.1) is 31.6 Å². The standard InChI is InChI=1S/C26H35O4S/c27-23(21-13-11-12-14-21)19-17-22-18-20-25(31-22)24(28)15-9-7-5-3-1-2-4-6-8-10-16-26(29)30/h11-14,18,20H,1-10,15-17,19H2,(H,29,30). The minimum atomic E-state index is -0.695. The van der Waals surface area contributed by atoms with E-state index in [4.69, 9.17) is 5.11 Å². The maximum Gasteiger partial charge on any atom is 0.303 e. The molecule has 1 aromatic heterocycles. The fraction of sp³-hybridized carbons (Fsp3) is 0.538. The van der Waals surface area contributed by atoms with E-state index in [1.165, 1.54) is 43.4 Å². The number of hydrogen-bond acceptors (Lipinski definition) is 4. The number of carbonyl (C=O) groups is 3. The van der Waals surface area contributed by atoms with Gasteiger partial charge in [0.25, 0.3) is 0 Å². The molecule has 0 saturated heterocycles. The van der Waals surface area contributed by atoms with E-state index in [-0.39, 0.29) is 11.6 Å². The third-order valence-corrected chi connectivity index (χ3v) is 6.75. The molecule has 1 aromatic rings. The summed E-state index contributed by atoms with van der Waals surface area (Å²) in [6.07, 6.45) is 20.5. The first-order valence-electron chi connectivity index (χ1n) is 11.6. The Hall–Kier alpha value is -1.49. The first-order chi connectivity index (χ1) is 15.1. The van der Waals surface area contributed by atoms with Crippen molar-refractivity contribution in [2.75, 3.05) is 0 Å². The van der Waals surface area contributed by atoms with Gasteiger partial charge in [-0.1, -0.05) is 51.4 Å². The number of ketones is 2. The number of carboxylic acids is 1. The van der Waals surface area contributed by atoms with Crippen LogP contribution >= 0.6 is 11.3 Å². The first kappa shape index (κ1) is 25.8. The highest BCUT2D eigenvalue weighted by Crippen LogP contribution is 2.27. The van der Waals surface area contributed by atoms with Gasteiger partial charge in [-0.2, -0.15) is 0 Å². The maximum absolute atomic E-state index is 12.4. The SMILES string of the molecule is O=C(O)CCCCCCCCCCCCC(=O)c1ccc(CCC(=O)[C]2[CH][CH][CH][CH]2)s1. The fourth-order valence-electron chi connectivity index (χ4n) is 3.70. The molecule has 169 valence electrons. The largest absolute Gasteiger partial charge is 0.481 e. The van der Waals surface area contributed by atoms with Crippen LogP contribution in [0.5, 0.6) is 0 Å². The van der Waals surface area contributed by atoms with Crippen molar-refractivity contribution >= 4 is 28.9 Å². The van der Waals surface area contributed by atoms with Crippen molar-refractivity contribution in [1.29, 1.82) is 0 Å². The average molecular weight is 444 g/mol. The van der Waals surface area contributed by atoms with E-state index in [9.17, 15) is 14.4 Å². The normalized spacial score (nSPS) is 14.2. The summed E-state index contributed by atoms with van der Waals surface area (Å²) in [6.45, 7) is 0. The molecular weight excluding hydrogens is 408 g/mol. The predicted molar refractivity (Wildman–Crippen MR) is 125 cm³/mol. The zero-order chi connectivity index (χ0) is 22.3. The smallest absolute Gasteiger partial charge is 0.303 e. The molecule has 1 heterocycles. The number of unbranched alkanes of at least 4 members (excludes halogenated alkanes) is 9. The number of carboxylic acid groups (broad SMARTS) is 1. The molecule has 5 heteroatoms. The van der Waals surface area contributed by atoms with E-state index in [0.29, 0.717) is 25.7 Å². The third-order valence-electron chi connectivity index (χ3n) is 5.56. The lowest BCUT2D eigenvalue weighted by molar-refractivity contribution is -0.137. The van der Waals surface area contributed by atoms with Crippen molar-refractivity contribution in [1.82, 2.24) is 0 Å². The van der Waals surface area contributed by atoms with Gasteiger partial charge in [-0.3, -0.25) is 14.4 Å². The number of thiophene rings is 1. The van der Waals surface area contributed by atoms with Gasteiger partial charge in [0, 0.05) is 30.1 Å². The minimum Gasteiger partial charge on any atom is -0.481 e. The van der Waals surface area contributed by atoms with Gasteiger partial charge in [-0.05, 0) is 57.1 Å². The molecule has 1 aliphatic carbocycles. The molecule has 2 rings (SSSR count). The second-order valence-electron chi connectivity index (χ2n) is 8.22. The summed E-state index contributed by atoms with van der Waals surface area (Å²) in [5.74, 6) is 0.451. The summed E-state index contributed by atoms with van der Waals surface area (Å²) in [4.78, 5) is 36.8. The van der Waals surface area contributed by atoms with Crippen molar-refractivity contribution in [3.63, 3.8) is 0 Å². The molecule has 31 heavy (non-hydrogen) atoms. The highest BCUT2D eigenvalue weighted by molar-refractivity contribution is 7.14. The number of aliphatic carboxylic acids is 1. The summed E-state index contributed by atoms with van der Waals surface area (Å²) < 4.78 is 0. The Kier molecular flexibility index (Phi) is 12.7. The van der Waals surface area contributed by atoms with Gasteiger partial charge in [0.05, 0.1) is 4.88 Å². The Morgan fingerprint density at radius 2 is 1.23 bits per heavy atom. The van der Waals surface area contributed by atoms with E-state index in [0.717, 1.165) is 47.8 Å². The summed E-state index contributed by atoms with van der Waals surface area (Å²) in [6, 6.07) is 3.89. The third kappa shape index (κ3) is 11.1. The Bertz CT molecular complexity index is 673. The van der Waals surface area contributed by atoms with Crippen molar-refractivity contribution in [3.8, 4) is 0 Å². The van der Waals surface area contributed by atoms with E-state index < -0.39 is 5.97 Å². The van der Waals surface area contributed by atoms with Crippen LogP contribution in [0.1, 0.15) is 98.0 Å². The second kappa shape index (κ2) is 15.3. The molecule has 0 aromatic carbocycles. The predicted octanol–water partition coefficient (Wildman–Crippen LogP) is 6.60. The van der Waals surface area contributed by atoms with Gasteiger partial charge in [0.15, 0.2) is 5.78 Å². The van der Waals surface area contributed by atoms with Crippen molar-refractivity contribution in [2.45, 2.75) is 89.9 Å². The van der Waals surface area contributed by atoms with Gasteiger partial charge >= 0.3 is 5.97 Å². The fourth-order valence-corrected chi connectivity index (χ4v) is 4.68. The van der Waals surface area contributed by atoms with Crippen LogP contribution in [0.25, 0.3) is 0 Å². The van der Waals surface area contributed by atoms with Crippen molar-refractivity contribution in [2.24, 2.45) is 0 Å². The molecule has 4 nitrogen and oxygen atoms in total. The molecular formula is C26H35O4S. The molecule has 1 fully saturated rings. The van der Waals surface area contributed by atoms with Crippen LogP contribution in [0.15, 0.2) is 12.1 Å². The number of Topliss-reactive ketones (excluding diaryl/α,β-unsaturated/α-hetero) is 2. The Labute approximate surface area is 191 Å². The molecule has 0 atom stereocenters. The number of carbonyl (C=O) groups excluding carboxylic acids is 2. The van der Waals surface area contributed by atoms with Crippen LogP contribution < -0.4 is 0 Å². The maximum atomic E-state index is 12.4. The van der Waals surface area contributed by atoms with Crippen LogP contribution in [-0.2, 0) is 16.0 Å². The van der Waals surface area contributed by atoms with E-state index >= 15 is 0 Å². The van der Waals surface area contributed by atoms with Crippen LogP contribution in [-0.4, -0.2) is 22.6 Å². The summed E-state index contributed by atoms with van der Waals surface area (Å²) in [7, 11) is 0. The van der Waals surface area contributed by atoms with Crippen molar-refractivity contribution in [3.05, 3.63) is 53.5 Å². The zero-order valence-electron chi connectivity index (χ0n) is 18.4. The second-order valence-corrected chi connectivity index (χ2v) is 9.38. The van der Waals surface area contributed by atoms with Crippen LogP contribution in [0.2, 0.25) is 0 Å². The highest BCUT2D eigenvalue weighted by atomic mass is 32.1. The lowest BCUT2D eigenvalue weighted by atomic mass is 9.99. The molecule has 0 bridgehead atoms. The van der Waals surface area contributed by atoms with Crippen LogP contribution in [0.3, 0.4) is 0 Å². The quantitative estimate of drug-likeness (QED) is 0.205. The number of aryl methyl sites for hydroxylation is 1. The highest BCUT2D eigenvalue weighted by Gasteiger charge is 2.24. The van der Waals surface area contributed by atoms with Gasteiger partial charge in [-0.25, -0.2) is 0 Å². The van der Waals surface area contributed by atoms with E-state index in [2.05, 4.69) is 0 Å². The van der Waals surface area contributed by atoms with E-state index in [1.807, 2.05) is 37.8 Å². The average Bonchev–Trinajstić information content (AvgIpc) is 3.45. The lowest BCUT2D eigenvalue weighted by Crippen LogP contribution is -2.09. The van der Waals surface area contributed by atoms with Gasteiger partial charge < -0.3 is 5.11 Å². The summed E-state index contributed by atoms with van der Waals surface area (Å²) in [5.41, 5.74) is 0. The Morgan fingerprint density at radius 1 is 0.677 bits per heavy atom. The van der Waals surface area contributed by atoms with Gasteiger partial charge in [-0.15, -0.1) is 11.3 Å². The Balaban J connectivity index is 1.46. The molecule has 0 spiro atoms. The lowest BCUT2D eigenvalue weighted by Gasteiger charge is -2.05. The molecule has 0 unspecified atom stereocenters. The molecule has 0 amide bonds. The first-order valence-corrected chi connectivity index (χ1v) is 12.5.